The van der Waals surface area contributed by atoms with Crippen LogP contribution in [0, 0.1) is 5.92 Å². The first kappa shape index (κ1) is 22.0. The lowest BCUT2D eigenvalue weighted by atomic mass is 9.96. The molecule has 1 fully saturated rings. The van der Waals surface area contributed by atoms with Crippen molar-refractivity contribution in [2.24, 2.45) is 16.6 Å². The molecule has 0 bridgehead atoms. The Kier molecular flexibility index (Phi) is 6.54. The zero-order chi connectivity index (χ0) is 20.3. The fourth-order valence-electron chi connectivity index (χ4n) is 2.94. The van der Waals surface area contributed by atoms with Gasteiger partial charge in [-0.05, 0) is 61.1 Å². The molecule has 0 spiro atoms. The summed E-state index contributed by atoms with van der Waals surface area (Å²) >= 11 is 0. The van der Waals surface area contributed by atoms with Crippen molar-refractivity contribution >= 4 is 24.8 Å². The van der Waals surface area contributed by atoms with Gasteiger partial charge in [-0.25, -0.2) is 9.63 Å². The number of nitrogens with two attached hydrogens (primary N) is 1. The number of hydroxylamine groups is 2. The standard InChI is InChI=1S/C17H30N4O5/c1-16(2,3)21(26-14(23)19-7,15(24)25-17(4,5)6)20-10-8-12(9-11-20)13(18)22/h12H,7-11H2,1-6H3,(H-,18,22)/p+1. The third-order valence-electron chi connectivity index (χ3n) is 4.16. The lowest BCUT2D eigenvalue weighted by Crippen LogP contribution is -2.73. The minimum Gasteiger partial charge on any atom is -0.410 e. The molecule has 0 radical (unpaired) electrons. The average molecular weight is 371 g/mol. The second-order valence-electron chi connectivity index (χ2n) is 8.37. The highest BCUT2D eigenvalue weighted by atomic mass is 16.8. The molecule has 148 valence electrons. The van der Waals surface area contributed by atoms with E-state index in [1.807, 2.05) is 0 Å². The molecule has 1 rings (SSSR count). The summed E-state index contributed by atoms with van der Waals surface area (Å²) in [6, 6.07) is 0. The van der Waals surface area contributed by atoms with Crippen molar-refractivity contribution in [1.29, 1.82) is 0 Å². The van der Waals surface area contributed by atoms with Crippen LogP contribution in [0.15, 0.2) is 4.99 Å². The SMILES string of the molecule is C=NC(=O)O[N+](C(=O)OC(C)(C)C)(N1CCC(C(N)=O)CC1)C(C)(C)C. The molecule has 1 atom stereocenters. The molecule has 1 saturated heterocycles. The van der Waals surface area contributed by atoms with Crippen LogP contribution in [0.1, 0.15) is 54.4 Å². The van der Waals surface area contributed by atoms with Crippen molar-refractivity contribution in [3.05, 3.63) is 0 Å². The largest absolute Gasteiger partial charge is 0.581 e. The van der Waals surface area contributed by atoms with Crippen molar-refractivity contribution in [3.8, 4) is 0 Å². The molecule has 1 aliphatic heterocycles. The maximum atomic E-state index is 13.2. The van der Waals surface area contributed by atoms with Gasteiger partial charge < -0.3 is 10.5 Å². The van der Waals surface area contributed by atoms with E-state index < -0.39 is 28.1 Å². The first-order valence-electron chi connectivity index (χ1n) is 8.62. The molecule has 3 amide bonds. The number of carbonyl (C=O) groups is 3. The number of carbonyl (C=O) groups excluding carboxylic acids is 3. The van der Waals surface area contributed by atoms with Crippen LogP contribution >= 0.6 is 0 Å². The number of piperidine rings is 1. The maximum absolute atomic E-state index is 13.2. The van der Waals surface area contributed by atoms with E-state index in [-0.39, 0.29) is 11.8 Å². The molecule has 0 saturated carbocycles. The van der Waals surface area contributed by atoms with E-state index in [1.54, 1.807) is 46.6 Å². The van der Waals surface area contributed by atoms with Crippen molar-refractivity contribution in [3.63, 3.8) is 0 Å². The van der Waals surface area contributed by atoms with Gasteiger partial charge in [0.25, 0.3) is 0 Å². The van der Waals surface area contributed by atoms with E-state index >= 15 is 0 Å². The number of aliphatic imine (C=N–C) groups is 1. The first-order chi connectivity index (χ1) is 11.7. The van der Waals surface area contributed by atoms with Crippen molar-refractivity contribution in [2.45, 2.75) is 65.5 Å². The monoisotopic (exact) mass is 371 g/mol. The Hall–Kier alpha value is -2.00. The predicted molar refractivity (Wildman–Crippen MR) is 95.8 cm³/mol. The second kappa shape index (κ2) is 7.71. The van der Waals surface area contributed by atoms with Crippen LogP contribution in [0.25, 0.3) is 0 Å². The lowest BCUT2D eigenvalue weighted by Gasteiger charge is -2.47. The molecule has 0 aromatic rings. The van der Waals surface area contributed by atoms with Gasteiger partial charge in [-0.15, -0.1) is 5.01 Å². The summed E-state index contributed by atoms with van der Waals surface area (Å²) in [5, 5.41) is 1.68. The molecule has 1 aliphatic rings. The molecule has 9 nitrogen and oxygen atoms in total. The highest BCUT2D eigenvalue weighted by Gasteiger charge is 2.61. The van der Waals surface area contributed by atoms with Crippen LogP contribution < -0.4 is 5.73 Å². The van der Waals surface area contributed by atoms with E-state index in [4.69, 9.17) is 15.3 Å². The first-order valence-corrected chi connectivity index (χ1v) is 8.62. The van der Waals surface area contributed by atoms with Crippen LogP contribution in [0.4, 0.5) is 9.59 Å². The van der Waals surface area contributed by atoms with Gasteiger partial charge in [0.05, 0.1) is 13.1 Å². The molecular formula is C17H31N4O5+. The van der Waals surface area contributed by atoms with Crippen LogP contribution in [0.3, 0.4) is 0 Å². The van der Waals surface area contributed by atoms with Gasteiger partial charge in [0.1, 0.15) is 5.60 Å². The van der Waals surface area contributed by atoms with E-state index in [0.717, 1.165) is 0 Å². The van der Waals surface area contributed by atoms with Crippen molar-refractivity contribution < 1.29 is 28.7 Å². The van der Waals surface area contributed by atoms with Gasteiger partial charge in [-0.3, -0.25) is 4.79 Å². The Labute approximate surface area is 154 Å². The Morgan fingerprint density at radius 1 is 1.12 bits per heavy atom. The molecule has 0 aromatic carbocycles. The van der Waals surface area contributed by atoms with Crippen LogP contribution in [0.2, 0.25) is 0 Å². The summed E-state index contributed by atoms with van der Waals surface area (Å²) < 4.78 is 4.74. The zero-order valence-corrected chi connectivity index (χ0v) is 16.6. The highest BCUT2D eigenvalue weighted by Crippen LogP contribution is 2.35. The second-order valence-corrected chi connectivity index (χ2v) is 8.37. The van der Waals surface area contributed by atoms with E-state index in [0.29, 0.717) is 25.9 Å². The summed E-state index contributed by atoms with van der Waals surface area (Å²) in [6.07, 6.45) is -0.817. The number of hydrogen-bond acceptors (Lipinski definition) is 6. The molecule has 2 N–H and O–H groups in total. The van der Waals surface area contributed by atoms with Gasteiger partial charge in [-0.2, -0.15) is 9.79 Å². The van der Waals surface area contributed by atoms with E-state index in [2.05, 4.69) is 11.7 Å². The fourth-order valence-corrected chi connectivity index (χ4v) is 2.94. The van der Waals surface area contributed by atoms with Gasteiger partial charge >= 0.3 is 12.2 Å². The number of ether oxygens (including phenoxy) is 1. The summed E-state index contributed by atoms with van der Waals surface area (Å²) in [5.74, 6) is -0.652. The van der Waals surface area contributed by atoms with Crippen molar-refractivity contribution in [1.82, 2.24) is 5.01 Å². The Morgan fingerprint density at radius 2 is 1.62 bits per heavy atom. The summed E-state index contributed by atoms with van der Waals surface area (Å²) in [6.45, 7) is 14.3. The highest BCUT2D eigenvalue weighted by molar-refractivity contribution is 5.76. The fraction of sp³-hybridized carbons (Fsp3) is 0.765. The number of rotatable bonds is 2. The topological polar surface area (TPSA) is 111 Å². The smallest absolute Gasteiger partial charge is 0.410 e. The number of primary amides is 1. The van der Waals surface area contributed by atoms with Gasteiger partial charge in [0, 0.05) is 10.7 Å². The van der Waals surface area contributed by atoms with Crippen LogP contribution in [0.5, 0.6) is 0 Å². The third-order valence-corrected chi connectivity index (χ3v) is 4.16. The number of nitrogens with zero attached hydrogens (tertiary/aromatic N) is 3. The van der Waals surface area contributed by atoms with E-state index in [1.165, 1.54) is 0 Å². The summed E-state index contributed by atoms with van der Waals surface area (Å²) in [7, 11) is 0. The average Bonchev–Trinajstić information content (AvgIpc) is 2.49. The molecule has 0 aliphatic carbocycles. The number of amides is 3. The van der Waals surface area contributed by atoms with Crippen LogP contribution in [-0.2, 0) is 14.4 Å². The van der Waals surface area contributed by atoms with E-state index in [9.17, 15) is 14.4 Å². The number of hydrogen-bond donors (Lipinski definition) is 1. The predicted octanol–water partition coefficient (Wildman–Crippen LogP) is 2.40. The molecule has 0 aromatic heterocycles. The normalized spacial score (nSPS) is 19.3. The third kappa shape index (κ3) is 4.79. The quantitative estimate of drug-likeness (QED) is 0.453. The maximum Gasteiger partial charge on any atom is 0.581 e. The van der Waals surface area contributed by atoms with Gasteiger partial charge in [-0.1, -0.05) is 0 Å². The minimum absolute atomic E-state index is 0.278. The Morgan fingerprint density at radius 3 is 1.96 bits per heavy atom. The molecule has 1 heterocycles. The minimum atomic E-state index is -0.984. The molecular weight excluding hydrogens is 340 g/mol. The molecule has 26 heavy (non-hydrogen) atoms. The molecule has 1 unspecified atom stereocenters. The molecule has 9 heteroatoms. The van der Waals surface area contributed by atoms with Gasteiger partial charge in [0.2, 0.25) is 5.91 Å². The Bertz CT molecular complexity index is 571. The lowest BCUT2D eigenvalue weighted by molar-refractivity contribution is -1.15. The van der Waals surface area contributed by atoms with Crippen LogP contribution in [-0.4, -0.2) is 58.8 Å². The Balaban J connectivity index is 3.34. The zero-order valence-electron chi connectivity index (χ0n) is 16.6. The van der Waals surface area contributed by atoms with Crippen molar-refractivity contribution in [2.75, 3.05) is 13.1 Å². The summed E-state index contributed by atoms with van der Waals surface area (Å²) in [4.78, 5) is 45.4. The number of quaternary nitrogens is 1. The van der Waals surface area contributed by atoms with Gasteiger partial charge in [0.15, 0.2) is 5.54 Å². The summed E-state index contributed by atoms with van der Waals surface area (Å²) in [5.41, 5.74) is 3.72.